The first kappa shape index (κ1) is 48.5. The van der Waals surface area contributed by atoms with Crippen LogP contribution in [0, 0.1) is 30.2 Å². The molecule has 0 spiro atoms. The minimum Gasteiger partial charge on any atom is -0.497 e. The van der Waals surface area contributed by atoms with Crippen LogP contribution in [0.1, 0.15) is 50.6 Å². The maximum atomic E-state index is 16.7. The molecule has 67 heavy (non-hydrogen) atoms. The van der Waals surface area contributed by atoms with Gasteiger partial charge in [-0.1, -0.05) is 36.4 Å². The fourth-order valence-corrected chi connectivity index (χ4v) is 12.0. The van der Waals surface area contributed by atoms with Gasteiger partial charge < -0.3 is 34.1 Å². The summed E-state index contributed by atoms with van der Waals surface area (Å²) in [6.07, 6.45) is 0. The summed E-state index contributed by atoms with van der Waals surface area (Å²) in [7, 11) is 4.74. The third kappa shape index (κ3) is 8.04. The molecule has 4 aromatic heterocycles. The molecule has 0 amide bonds. The van der Waals surface area contributed by atoms with Gasteiger partial charge in [-0.15, -0.1) is 0 Å². The van der Waals surface area contributed by atoms with Crippen molar-refractivity contribution in [2.45, 2.75) is 6.92 Å². The number of fused-ring (bicyclic) bond motifs is 8. The molecule has 0 saturated heterocycles. The van der Waals surface area contributed by atoms with Crippen molar-refractivity contribution in [3.63, 3.8) is 0 Å². The third-order valence-corrected chi connectivity index (χ3v) is 19.9. The van der Waals surface area contributed by atoms with Gasteiger partial charge in [-0.2, -0.15) is 0 Å². The molecule has 5 heterocycles. The van der Waals surface area contributed by atoms with Crippen molar-refractivity contribution in [2.75, 3.05) is 21.3 Å². The lowest BCUT2D eigenvalue weighted by atomic mass is 9.98. The first-order chi connectivity index (χ1) is 32.0. The molecule has 19 heteroatoms. The molecule has 0 atom stereocenters. The molecule has 0 unspecified atom stereocenters. The van der Waals surface area contributed by atoms with E-state index >= 15 is 17.6 Å². The Kier molecular flexibility index (Phi) is 13.7. The third-order valence-electron chi connectivity index (χ3n) is 11.4. The highest BCUT2D eigenvalue weighted by molar-refractivity contribution is 9.14. The molecule has 0 radical (unpaired) electrons. The number of methoxy groups -OCH3 is 3. The summed E-state index contributed by atoms with van der Waals surface area (Å²) < 4.78 is 85.7. The van der Waals surface area contributed by atoms with Crippen LogP contribution in [-0.2, 0) is 0 Å². The van der Waals surface area contributed by atoms with Gasteiger partial charge in [-0.25, -0.2) is 17.6 Å². The van der Waals surface area contributed by atoms with Crippen molar-refractivity contribution in [3.05, 3.63) is 204 Å². The highest BCUT2D eigenvalue weighted by Gasteiger charge is 2.33. The average Bonchev–Trinajstić information content (AvgIpc) is 4.00. The molecule has 8 bridgehead atoms. The summed E-state index contributed by atoms with van der Waals surface area (Å²) in [6, 6.07) is 22.3. The lowest BCUT2D eigenvalue weighted by Crippen LogP contribution is -2.21. The Labute approximate surface area is 446 Å². The molecule has 0 aliphatic carbocycles. The quantitative estimate of drug-likeness (QED) is 0.0947. The van der Waals surface area contributed by atoms with Crippen molar-refractivity contribution in [2.24, 2.45) is 0 Å². The fraction of sp³-hybridized carbons (Fsp3) is 0.0833. The van der Waals surface area contributed by atoms with Gasteiger partial charge in [0.05, 0.1) is 107 Å². The molecular weight excluding hydrogens is 1400 g/mol. The molecule has 8 aromatic rings. The number of aromatic nitrogens is 4. The lowest BCUT2D eigenvalue weighted by Gasteiger charge is -2.14. The van der Waals surface area contributed by atoms with Crippen LogP contribution in [0.3, 0.4) is 0 Å². The summed E-state index contributed by atoms with van der Waals surface area (Å²) >= 11 is 30.8. The number of halogens is 12. The van der Waals surface area contributed by atoms with E-state index in [0.29, 0.717) is 99.5 Å². The van der Waals surface area contributed by atoms with Crippen molar-refractivity contribution in [3.8, 4) is 17.2 Å². The van der Waals surface area contributed by atoms with Crippen molar-refractivity contribution in [1.29, 1.82) is 0 Å². The van der Waals surface area contributed by atoms with E-state index in [4.69, 9.17) is 14.2 Å². The molecule has 342 valence electrons. The Morgan fingerprint density at radius 3 is 0.866 bits per heavy atom. The van der Waals surface area contributed by atoms with E-state index in [1.54, 1.807) is 45.6 Å². The van der Waals surface area contributed by atoms with Crippen LogP contribution < -0.4 is 35.6 Å². The maximum absolute atomic E-state index is 16.7. The summed E-state index contributed by atoms with van der Waals surface area (Å²) in [5.74, 6) is -4.43. The Balaban J connectivity index is 1.60. The van der Waals surface area contributed by atoms with Crippen molar-refractivity contribution < 1.29 is 31.8 Å². The maximum Gasteiger partial charge on any atom is 0.170 e. The lowest BCUT2D eigenvalue weighted by molar-refractivity contribution is 0.414. The van der Waals surface area contributed by atoms with E-state index in [-0.39, 0.29) is 25.6 Å². The number of ether oxygens (including phenoxy) is 3. The Bertz CT molecular complexity index is 3590. The molecule has 1 aliphatic rings. The first-order valence-corrected chi connectivity index (χ1v) is 25.9. The monoisotopic (exact) mass is 1420 g/mol. The number of nitrogens with one attached hydrogen (secondary N) is 4. The standard InChI is InChI=1S/C48H28Br8F4N4O3/c1-17-37(57)39(59)27(40(60)38(17)58)28-47-35(55)33(53)45(63-47)25(19-7-13-22(66-3)14-8-19)43-31(51)29(49)41(61-43)24(18-5-11-21(65-2)12-6-18)42-30(50)32(52)44(62-42)26(20-9-15-23(67-4)16-10-20)46-34(54)36(56)48(28)64-46/h5-16,61-64H,1-4H3. The van der Waals surface area contributed by atoms with Crippen LogP contribution in [0.15, 0.2) is 109 Å². The second kappa shape index (κ2) is 19.0. The molecule has 0 saturated carbocycles. The summed E-state index contributed by atoms with van der Waals surface area (Å²) in [5, 5.41) is 1.69. The topological polar surface area (TPSA) is 90.8 Å². The van der Waals surface area contributed by atoms with E-state index in [0.717, 1.165) is 18.1 Å². The average molecular weight is 1420 g/mol. The van der Waals surface area contributed by atoms with Crippen LogP contribution in [0.2, 0.25) is 0 Å². The Morgan fingerprint density at radius 1 is 0.343 bits per heavy atom. The number of benzene rings is 4. The van der Waals surface area contributed by atoms with Crippen LogP contribution in [0.4, 0.5) is 17.6 Å². The predicted octanol–water partition coefficient (Wildman–Crippen LogP) is 13.3. The first-order valence-electron chi connectivity index (χ1n) is 19.6. The zero-order valence-electron chi connectivity index (χ0n) is 34.7. The van der Waals surface area contributed by atoms with Gasteiger partial charge >= 0.3 is 0 Å². The van der Waals surface area contributed by atoms with Crippen LogP contribution in [0.5, 0.6) is 17.2 Å². The van der Waals surface area contributed by atoms with E-state index < -0.39 is 34.4 Å². The summed E-state index contributed by atoms with van der Waals surface area (Å²) in [6.45, 7) is 0.980. The number of hydrogen-bond acceptors (Lipinski definition) is 3. The van der Waals surface area contributed by atoms with Gasteiger partial charge in [0, 0.05) is 27.9 Å². The van der Waals surface area contributed by atoms with Gasteiger partial charge in [-0.05, 0) is 187 Å². The molecule has 7 nitrogen and oxygen atoms in total. The Hall–Kier alpha value is -3.56. The van der Waals surface area contributed by atoms with Crippen LogP contribution >= 0.6 is 127 Å². The van der Waals surface area contributed by atoms with Gasteiger partial charge in [0.2, 0.25) is 0 Å². The summed E-state index contributed by atoms with van der Waals surface area (Å²) in [5.41, 5.74) is 3.70. The smallest absolute Gasteiger partial charge is 0.170 e. The predicted molar refractivity (Wildman–Crippen MR) is 280 cm³/mol. The highest BCUT2D eigenvalue weighted by Crippen LogP contribution is 2.44. The second-order valence-electron chi connectivity index (χ2n) is 15.0. The second-order valence-corrected chi connectivity index (χ2v) is 21.3. The molecule has 1 aliphatic heterocycles. The minimum absolute atomic E-state index is 0.0611. The number of aromatic amines is 4. The van der Waals surface area contributed by atoms with E-state index in [1.807, 2.05) is 48.5 Å². The normalized spacial score (nSPS) is 12.7. The highest BCUT2D eigenvalue weighted by atomic mass is 79.9. The largest absolute Gasteiger partial charge is 0.497 e. The summed E-state index contributed by atoms with van der Waals surface area (Å²) in [4.78, 5) is 14.3. The molecule has 9 rings (SSSR count). The van der Waals surface area contributed by atoms with E-state index in [2.05, 4.69) is 147 Å². The molecule has 4 aromatic carbocycles. The zero-order valence-corrected chi connectivity index (χ0v) is 47.4. The van der Waals surface area contributed by atoms with Gasteiger partial charge in [0.25, 0.3) is 0 Å². The number of rotatable bonds is 7. The van der Waals surface area contributed by atoms with Crippen molar-refractivity contribution >= 4 is 150 Å². The molecule has 0 fully saturated rings. The number of H-pyrrole nitrogens is 4. The minimum atomic E-state index is -1.60. The number of hydrogen-bond donors (Lipinski definition) is 4. The SMILES string of the molecule is COc1ccc(C2=c3[nH]c(c(Br)c3Br)=C(c3ccc(OC)cc3)c3[nH]c(c(Br)c3Br)C(c3c(F)c(F)c(C)c(F)c3F)=c3[nH]c(c(Br)c3Br)=C(c3ccc(OC)cc3)c3[nH]c2c(Br)c3Br)cc1. The van der Waals surface area contributed by atoms with E-state index in [9.17, 15) is 0 Å². The van der Waals surface area contributed by atoms with Gasteiger partial charge in [0.1, 0.15) is 17.2 Å². The molecule has 4 N–H and O–H groups in total. The zero-order chi connectivity index (χ0) is 47.9. The van der Waals surface area contributed by atoms with Crippen LogP contribution in [-0.4, -0.2) is 41.3 Å². The van der Waals surface area contributed by atoms with Gasteiger partial charge in [0.15, 0.2) is 23.3 Å². The van der Waals surface area contributed by atoms with Crippen molar-refractivity contribution in [1.82, 2.24) is 19.9 Å². The van der Waals surface area contributed by atoms with Crippen LogP contribution in [0.25, 0.3) is 22.3 Å². The van der Waals surface area contributed by atoms with Gasteiger partial charge in [-0.3, -0.25) is 0 Å². The Morgan fingerprint density at radius 2 is 0.597 bits per heavy atom. The fourth-order valence-electron chi connectivity index (χ4n) is 8.04. The van der Waals surface area contributed by atoms with E-state index in [1.165, 1.54) is 0 Å². The molecular formula is C48H28Br8F4N4O3.